The lowest BCUT2D eigenvalue weighted by molar-refractivity contribution is -0.115. The van der Waals surface area contributed by atoms with Crippen molar-refractivity contribution in [1.29, 1.82) is 0 Å². The molecule has 0 radical (unpaired) electrons. The fourth-order valence-electron chi connectivity index (χ4n) is 2.43. The third-order valence-electron chi connectivity index (χ3n) is 3.58. The first-order chi connectivity index (χ1) is 11.0. The molecule has 0 saturated carbocycles. The Morgan fingerprint density at radius 3 is 2.78 bits per heavy atom. The Balaban J connectivity index is 1.75. The number of benzene rings is 1. The Labute approximate surface area is 134 Å². The Morgan fingerprint density at radius 1 is 1.26 bits per heavy atom. The molecule has 0 aliphatic rings. The zero-order chi connectivity index (χ0) is 16.4. The van der Waals surface area contributed by atoms with Crippen LogP contribution in [0.15, 0.2) is 40.9 Å². The Bertz CT molecular complexity index is 857. The lowest BCUT2D eigenvalue weighted by Gasteiger charge is -2.18. The van der Waals surface area contributed by atoms with Crippen molar-refractivity contribution in [2.75, 3.05) is 23.8 Å². The van der Waals surface area contributed by atoms with E-state index in [1.807, 2.05) is 49.2 Å². The van der Waals surface area contributed by atoms with Crippen molar-refractivity contribution < 1.29 is 9.32 Å². The molecule has 0 saturated heterocycles. The maximum Gasteiger partial charge on any atom is 0.245 e. The molecule has 1 amide bonds. The van der Waals surface area contributed by atoms with Gasteiger partial charge < -0.3 is 14.7 Å². The lowest BCUT2D eigenvalue weighted by atomic mass is 10.1. The van der Waals surface area contributed by atoms with Gasteiger partial charge in [-0.25, -0.2) is 4.98 Å². The molecule has 0 unspecified atom stereocenters. The summed E-state index contributed by atoms with van der Waals surface area (Å²) in [6, 6.07) is 11.6. The minimum atomic E-state index is -0.173. The minimum Gasteiger partial charge on any atom is -0.360 e. The highest BCUT2D eigenvalue weighted by Crippen LogP contribution is 2.21. The predicted octanol–water partition coefficient (Wildman–Crippen LogP) is 2.91. The molecular weight excluding hydrogens is 292 g/mol. The maximum atomic E-state index is 12.1. The number of carbonyl (C=O) groups is 1. The highest BCUT2D eigenvalue weighted by molar-refractivity contribution is 5.93. The number of nitrogens with one attached hydrogen (secondary N) is 1. The second-order valence-corrected chi connectivity index (χ2v) is 5.54. The van der Waals surface area contributed by atoms with Crippen LogP contribution in [0.3, 0.4) is 0 Å². The number of fused-ring (bicyclic) bond motifs is 1. The van der Waals surface area contributed by atoms with Crippen LogP contribution in [-0.2, 0) is 4.79 Å². The third kappa shape index (κ3) is 3.31. The van der Waals surface area contributed by atoms with Crippen LogP contribution in [0.5, 0.6) is 0 Å². The molecule has 3 aromatic rings. The number of aromatic nitrogens is 2. The summed E-state index contributed by atoms with van der Waals surface area (Å²) < 4.78 is 4.93. The molecule has 3 rings (SSSR count). The zero-order valence-electron chi connectivity index (χ0n) is 13.3. The molecule has 2 heterocycles. The molecule has 0 aliphatic carbocycles. The number of rotatable bonds is 4. The summed E-state index contributed by atoms with van der Waals surface area (Å²) in [6.07, 6.45) is 0. The van der Waals surface area contributed by atoms with Crippen molar-refractivity contribution in [2.45, 2.75) is 13.8 Å². The van der Waals surface area contributed by atoms with Gasteiger partial charge in [-0.15, -0.1) is 0 Å². The van der Waals surface area contributed by atoms with Crippen molar-refractivity contribution >= 4 is 28.4 Å². The highest BCUT2D eigenvalue weighted by Gasteiger charge is 2.12. The largest absolute Gasteiger partial charge is 0.360 e. The molecule has 6 nitrogen and oxygen atoms in total. The summed E-state index contributed by atoms with van der Waals surface area (Å²) in [5, 5.41) is 7.57. The number of anilines is 2. The molecule has 1 N–H and O–H groups in total. The van der Waals surface area contributed by atoms with Gasteiger partial charge in [-0.05, 0) is 31.5 Å². The Morgan fingerprint density at radius 2 is 2.04 bits per heavy atom. The van der Waals surface area contributed by atoms with Gasteiger partial charge in [-0.3, -0.25) is 4.79 Å². The Hall–Kier alpha value is -2.89. The van der Waals surface area contributed by atoms with Gasteiger partial charge in [-0.1, -0.05) is 23.4 Å². The number of nitrogens with zero attached hydrogens (tertiary/aromatic N) is 3. The van der Waals surface area contributed by atoms with Crippen LogP contribution >= 0.6 is 0 Å². The second kappa shape index (κ2) is 6.08. The van der Waals surface area contributed by atoms with Crippen LogP contribution in [0, 0.1) is 13.8 Å². The standard InChI is InChI=1S/C17H18N4O2/c1-11-8-16(18-14-7-5-4-6-13(11)14)21(3)10-17(22)19-15-9-12(2)23-20-15/h4-9H,10H2,1-3H3,(H,19,20,22). The monoisotopic (exact) mass is 310 g/mol. The van der Waals surface area contributed by atoms with Crippen LogP contribution in [-0.4, -0.2) is 29.6 Å². The van der Waals surface area contributed by atoms with E-state index >= 15 is 0 Å². The minimum absolute atomic E-state index is 0.173. The number of pyridine rings is 1. The van der Waals surface area contributed by atoms with Gasteiger partial charge in [0.2, 0.25) is 5.91 Å². The van der Waals surface area contributed by atoms with E-state index in [1.165, 1.54) is 0 Å². The number of likely N-dealkylation sites (N-methyl/N-ethyl adjacent to an activating group) is 1. The first kappa shape index (κ1) is 15.0. The molecule has 0 bridgehead atoms. The van der Waals surface area contributed by atoms with Gasteiger partial charge in [0.1, 0.15) is 11.6 Å². The summed E-state index contributed by atoms with van der Waals surface area (Å²) in [7, 11) is 1.84. The fraction of sp³-hybridized carbons (Fsp3) is 0.235. The number of amides is 1. The Kier molecular flexibility index (Phi) is 3.97. The molecule has 6 heteroatoms. The van der Waals surface area contributed by atoms with E-state index in [1.54, 1.807) is 13.0 Å². The summed E-state index contributed by atoms with van der Waals surface area (Å²) in [5.41, 5.74) is 2.05. The number of hydrogen-bond acceptors (Lipinski definition) is 5. The summed E-state index contributed by atoms with van der Waals surface area (Å²) in [5.74, 6) is 1.66. The van der Waals surface area contributed by atoms with Gasteiger partial charge in [0, 0.05) is 18.5 Å². The molecule has 0 atom stereocenters. The van der Waals surface area contributed by atoms with Crippen LogP contribution < -0.4 is 10.2 Å². The van der Waals surface area contributed by atoms with Gasteiger partial charge in [0.25, 0.3) is 0 Å². The van der Waals surface area contributed by atoms with Crippen molar-refractivity contribution in [2.24, 2.45) is 0 Å². The van der Waals surface area contributed by atoms with Crippen molar-refractivity contribution in [3.8, 4) is 0 Å². The first-order valence-electron chi connectivity index (χ1n) is 7.33. The maximum absolute atomic E-state index is 12.1. The van der Waals surface area contributed by atoms with E-state index in [0.717, 1.165) is 22.3 Å². The van der Waals surface area contributed by atoms with E-state index in [-0.39, 0.29) is 12.5 Å². The van der Waals surface area contributed by atoms with E-state index in [0.29, 0.717) is 11.6 Å². The van der Waals surface area contributed by atoms with Gasteiger partial charge in [0.05, 0.1) is 12.1 Å². The number of hydrogen-bond donors (Lipinski definition) is 1. The van der Waals surface area contributed by atoms with Crippen molar-refractivity contribution in [3.63, 3.8) is 0 Å². The molecule has 0 fully saturated rings. The quantitative estimate of drug-likeness (QED) is 0.802. The molecule has 0 aliphatic heterocycles. The SMILES string of the molecule is Cc1cc(NC(=O)CN(C)c2cc(C)c3ccccc3n2)no1. The van der Waals surface area contributed by atoms with Crippen LogP contribution in [0.4, 0.5) is 11.6 Å². The number of aryl methyl sites for hydroxylation is 2. The molecule has 1 aromatic carbocycles. The van der Waals surface area contributed by atoms with Crippen LogP contribution in [0.25, 0.3) is 10.9 Å². The van der Waals surface area contributed by atoms with Gasteiger partial charge >= 0.3 is 0 Å². The van der Waals surface area contributed by atoms with Gasteiger partial charge in [-0.2, -0.15) is 0 Å². The predicted molar refractivity (Wildman–Crippen MR) is 89.6 cm³/mol. The lowest BCUT2D eigenvalue weighted by Crippen LogP contribution is -2.30. The zero-order valence-corrected chi connectivity index (χ0v) is 13.3. The summed E-state index contributed by atoms with van der Waals surface area (Å²) in [6.45, 7) is 3.99. The molecule has 118 valence electrons. The van der Waals surface area contributed by atoms with Gasteiger partial charge in [0.15, 0.2) is 5.82 Å². The molecule has 23 heavy (non-hydrogen) atoms. The average molecular weight is 310 g/mol. The number of carbonyl (C=O) groups excluding carboxylic acids is 1. The second-order valence-electron chi connectivity index (χ2n) is 5.54. The average Bonchev–Trinajstić information content (AvgIpc) is 2.92. The normalized spacial score (nSPS) is 10.7. The van der Waals surface area contributed by atoms with E-state index in [9.17, 15) is 4.79 Å². The third-order valence-corrected chi connectivity index (χ3v) is 3.58. The van der Waals surface area contributed by atoms with Crippen LogP contribution in [0.1, 0.15) is 11.3 Å². The fourth-order valence-corrected chi connectivity index (χ4v) is 2.43. The smallest absolute Gasteiger partial charge is 0.245 e. The summed E-state index contributed by atoms with van der Waals surface area (Å²) in [4.78, 5) is 18.5. The summed E-state index contributed by atoms with van der Waals surface area (Å²) >= 11 is 0. The first-order valence-corrected chi connectivity index (χ1v) is 7.33. The number of para-hydroxylation sites is 1. The van der Waals surface area contributed by atoms with Crippen LogP contribution in [0.2, 0.25) is 0 Å². The van der Waals surface area contributed by atoms with E-state index in [4.69, 9.17) is 4.52 Å². The van der Waals surface area contributed by atoms with E-state index in [2.05, 4.69) is 15.5 Å². The topological polar surface area (TPSA) is 71.3 Å². The van der Waals surface area contributed by atoms with Crippen molar-refractivity contribution in [3.05, 3.63) is 47.7 Å². The highest BCUT2D eigenvalue weighted by atomic mass is 16.5. The molecular formula is C17H18N4O2. The molecule has 0 spiro atoms. The molecule has 2 aromatic heterocycles. The van der Waals surface area contributed by atoms with E-state index < -0.39 is 0 Å². The van der Waals surface area contributed by atoms with Crippen molar-refractivity contribution in [1.82, 2.24) is 10.1 Å².